The van der Waals surface area contributed by atoms with Gasteiger partial charge in [-0.15, -0.1) is 0 Å². The summed E-state index contributed by atoms with van der Waals surface area (Å²) in [4.78, 5) is 10.6. The SMILES string of the molecule is CO[C@@H]1[C@@H](C(F)(F)F)[C@@]1(N)C(N)=O. The van der Waals surface area contributed by atoms with E-state index in [0.29, 0.717) is 0 Å². The molecule has 1 amide bonds. The van der Waals surface area contributed by atoms with Gasteiger partial charge in [0.15, 0.2) is 0 Å². The molecule has 4 N–H and O–H groups in total. The summed E-state index contributed by atoms with van der Waals surface area (Å²) in [6, 6.07) is 0. The van der Waals surface area contributed by atoms with Crippen LogP contribution in [0.3, 0.4) is 0 Å². The van der Waals surface area contributed by atoms with Gasteiger partial charge in [0.25, 0.3) is 0 Å². The molecule has 0 heterocycles. The van der Waals surface area contributed by atoms with Crippen LogP contribution >= 0.6 is 0 Å². The molecule has 1 aliphatic carbocycles. The topological polar surface area (TPSA) is 78.3 Å². The summed E-state index contributed by atoms with van der Waals surface area (Å²) in [5, 5.41) is 0. The number of halogens is 3. The predicted molar refractivity (Wildman–Crippen MR) is 36.5 cm³/mol. The first-order chi connectivity index (χ1) is 5.76. The van der Waals surface area contributed by atoms with E-state index in [2.05, 4.69) is 4.74 Å². The van der Waals surface area contributed by atoms with E-state index in [1.807, 2.05) is 0 Å². The molecular weight excluding hydrogens is 189 g/mol. The fourth-order valence-electron chi connectivity index (χ4n) is 1.44. The lowest BCUT2D eigenvalue weighted by Gasteiger charge is -2.07. The highest BCUT2D eigenvalue weighted by molar-refractivity contribution is 5.90. The van der Waals surface area contributed by atoms with Gasteiger partial charge in [-0.05, 0) is 0 Å². The van der Waals surface area contributed by atoms with Crippen molar-refractivity contribution >= 4 is 5.91 Å². The quantitative estimate of drug-likeness (QED) is 0.620. The molecule has 0 bridgehead atoms. The number of methoxy groups -OCH3 is 1. The van der Waals surface area contributed by atoms with Gasteiger partial charge in [0, 0.05) is 7.11 Å². The van der Waals surface area contributed by atoms with Crippen molar-refractivity contribution < 1.29 is 22.7 Å². The van der Waals surface area contributed by atoms with Gasteiger partial charge < -0.3 is 16.2 Å². The van der Waals surface area contributed by atoms with Gasteiger partial charge in [0.05, 0.1) is 6.10 Å². The Morgan fingerprint density at radius 2 is 2.00 bits per heavy atom. The maximum absolute atomic E-state index is 12.2. The van der Waals surface area contributed by atoms with E-state index < -0.39 is 29.6 Å². The number of carbonyl (C=O) groups is 1. The predicted octanol–water partition coefficient (Wildman–Crippen LogP) is -0.624. The van der Waals surface area contributed by atoms with Crippen LogP contribution in [0.2, 0.25) is 0 Å². The average Bonchev–Trinajstić information content (AvgIpc) is 2.56. The lowest BCUT2D eigenvalue weighted by Crippen LogP contribution is -2.45. The average molecular weight is 198 g/mol. The summed E-state index contributed by atoms with van der Waals surface area (Å²) in [5.41, 5.74) is 7.81. The van der Waals surface area contributed by atoms with E-state index in [1.165, 1.54) is 0 Å². The Balaban J connectivity index is 2.87. The Morgan fingerprint density at radius 3 is 2.08 bits per heavy atom. The Morgan fingerprint density at radius 1 is 1.54 bits per heavy atom. The van der Waals surface area contributed by atoms with Crippen LogP contribution in [0.25, 0.3) is 0 Å². The standard InChI is InChI=1S/C6H9F3N2O2/c1-13-3-2(6(7,8)9)5(3,11)4(10)12/h2-3H,11H2,1H3,(H2,10,12)/t2-,3-,5+/m1/s1. The number of amides is 1. The number of hydrogen-bond donors (Lipinski definition) is 2. The van der Waals surface area contributed by atoms with Crippen molar-refractivity contribution in [2.24, 2.45) is 17.4 Å². The second kappa shape index (κ2) is 2.58. The molecule has 76 valence electrons. The number of primary amides is 1. The zero-order chi connectivity index (χ0) is 10.4. The van der Waals surface area contributed by atoms with Crippen molar-refractivity contribution in [2.45, 2.75) is 17.8 Å². The van der Waals surface area contributed by atoms with E-state index in [1.54, 1.807) is 0 Å². The van der Waals surface area contributed by atoms with Gasteiger partial charge in [-0.1, -0.05) is 0 Å². The minimum absolute atomic E-state index is 1.06. The third-order valence-corrected chi connectivity index (χ3v) is 2.21. The number of ether oxygens (including phenoxy) is 1. The number of alkyl halides is 3. The van der Waals surface area contributed by atoms with Crippen molar-refractivity contribution in [1.29, 1.82) is 0 Å². The van der Waals surface area contributed by atoms with Crippen LogP contribution in [0.5, 0.6) is 0 Å². The third-order valence-electron chi connectivity index (χ3n) is 2.21. The second-order valence-corrected chi connectivity index (χ2v) is 2.97. The molecule has 0 aromatic carbocycles. The Labute approximate surface area is 72.0 Å². The molecule has 0 aromatic rings. The monoisotopic (exact) mass is 198 g/mol. The summed E-state index contributed by atoms with van der Waals surface area (Å²) < 4.78 is 40.9. The Kier molecular flexibility index (Phi) is 2.04. The molecular formula is C6H9F3N2O2. The van der Waals surface area contributed by atoms with Crippen molar-refractivity contribution in [2.75, 3.05) is 7.11 Å². The lowest BCUT2D eigenvalue weighted by molar-refractivity contribution is -0.160. The van der Waals surface area contributed by atoms with Gasteiger partial charge >= 0.3 is 6.18 Å². The first kappa shape index (κ1) is 10.3. The molecule has 7 heteroatoms. The van der Waals surface area contributed by atoms with Crippen LogP contribution in [0.15, 0.2) is 0 Å². The molecule has 4 nitrogen and oxygen atoms in total. The maximum atomic E-state index is 12.2. The van der Waals surface area contributed by atoms with E-state index in [4.69, 9.17) is 11.5 Å². The largest absolute Gasteiger partial charge is 0.396 e. The summed E-state index contributed by atoms with van der Waals surface area (Å²) >= 11 is 0. The van der Waals surface area contributed by atoms with Crippen LogP contribution < -0.4 is 11.5 Å². The number of rotatable bonds is 2. The second-order valence-electron chi connectivity index (χ2n) is 2.97. The van der Waals surface area contributed by atoms with E-state index in [0.717, 1.165) is 7.11 Å². The molecule has 1 saturated carbocycles. The third kappa shape index (κ3) is 1.28. The molecule has 13 heavy (non-hydrogen) atoms. The Bertz CT molecular complexity index is 243. The zero-order valence-electron chi connectivity index (χ0n) is 6.76. The highest BCUT2D eigenvalue weighted by Gasteiger charge is 2.77. The van der Waals surface area contributed by atoms with Crippen LogP contribution in [-0.2, 0) is 9.53 Å². The molecule has 0 radical (unpaired) electrons. The molecule has 1 fully saturated rings. The highest BCUT2D eigenvalue weighted by atomic mass is 19.4. The van der Waals surface area contributed by atoms with E-state index >= 15 is 0 Å². The van der Waals surface area contributed by atoms with Gasteiger partial charge in [0.1, 0.15) is 11.5 Å². The molecule has 0 unspecified atom stereocenters. The minimum Gasteiger partial charge on any atom is -0.378 e. The van der Waals surface area contributed by atoms with Crippen LogP contribution in [0.1, 0.15) is 0 Å². The molecule has 3 atom stereocenters. The Hall–Kier alpha value is -0.820. The maximum Gasteiger partial charge on any atom is 0.396 e. The van der Waals surface area contributed by atoms with E-state index in [9.17, 15) is 18.0 Å². The summed E-state index contributed by atoms with van der Waals surface area (Å²) in [7, 11) is 1.06. The van der Waals surface area contributed by atoms with Gasteiger partial charge in [0.2, 0.25) is 5.91 Å². The first-order valence-electron chi connectivity index (χ1n) is 3.44. The van der Waals surface area contributed by atoms with Crippen molar-refractivity contribution in [1.82, 2.24) is 0 Å². The fourth-order valence-corrected chi connectivity index (χ4v) is 1.44. The fraction of sp³-hybridized carbons (Fsp3) is 0.833. The minimum atomic E-state index is -4.55. The molecule has 0 saturated heterocycles. The summed E-state index contributed by atoms with van der Waals surface area (Å²) in [6.07, 6.45) is -5.91. The lowest BCUT2D eigenvalue weighted by atomic mass is 10.2. The number of carbonyl (C=O) groups excluding carboxylic acids is 1. The van der Waals surface area contributed by atoms with E-state index in [-0.39, 0.29) is 0 Å². The van der Waals surface area contributed by atoms with Crippen LogP contribution in [0.4, 0.5) is 13.2 Å². The number of nitrogens with two attached hydrogens (primary N) is 2. The highest BCUT2D eigenvalue weighted by Crippen LogP contribution is 2.53. The van der Waals surface area contributed by atoms with Crippen molar-refractivity contribution in [3.63, 3.8) is 0 Å². The van der Waals surface area contributed by atoms with Gasteiger partial charge in [-0.25, -0.2) is 0 Å². The van der Waals surface area contributed by atoms with Gasteiger partial charge in [-0.2, -0.15) is 13.2 Å². The number of hydrogen-bond acceptors (Lipinski definition) is 3. The molecule has 0 aliphatic heterocycles. The molecule has 1 aliphatic rings. The van der Waals surface area contributed by atoms with Crippen LogP contribution in [-0.4, -0.2) is 30.8 Å². The smallest absolute Gasteiger partial charge is 0.378 e. The van der Waals surface area contributed by atoms with Crippen molar-refractivity contribution in [3.8, 4) is 0 Å². The van der Waals surface area contributed by atoms with Gasteiger partial charge in [-0.3, -0.25) is 4.79 Å². The van der Waals surface area contributed by atoms with Crippen LogP contribution in [0, 0.1) is 5.92 Å². The summed E-state index contributed by atoms with van der Waals surface area (Å²) in [6.45, 7) is 0. The van der Waals surface area contributed by atoms with Crippen molar-refractivity contribution in [3.05, 3.63) is 0 Å². The first-order valence-corrected chi connectivity index (χ1v) is 3.44. The normalized spacial score (nSPS) is 38.8. The molecule has 0 spiro atoms. The summed E-state index contributed by atoms with van der Waals surface area (Å²) in [5.74, 6) is -3.18. The molecule has 1 rings (SSSR count). The zero-order valence-corrected chi connectivity index (χ0v) is 6.76. The molecule has 0 aromatic heterocycles.